The number of aliphatic hydroxyl groups excluding tert-OH is 1. The molecule has 3 atom stereocenters. The molecule has 0 bridgehead atoms. The second-order valence-electron chi connectivity index (χ2n) is 13.7. The first-order chi connectivity index (χ1) is 25.2. The van der Waals surface area contributed by atoms with Crippen molar-refractivity contribution >= 4 is 34.8 Å². The molecule has 2 aliphatic heterocycles. The van der Waals surface area contributed by atoms with Crippen LogP contribution in [0.2, 0.25) is 5.02 Å². The van der Waals surface area contributed by atoms with Crippen molar-refractivity contribution in [1.29, 1.82) is 0 Å². The molecule has 4 aromatic carbocycles. The van der Waals surface area contributed by atoms with Crippen LogP contribution in [-0.4, -0.2) is 52.7 Å². The first kappa shape index (κ1) is 37.5. The predicted octanol–water partition coefficient (Wildman–Crippen LogP) is 6.37. The van der Waals surface area contributed by atoms with Gasteiger partial charge in [-0.25, -0.2) is 0 Å². The highest BCUT2D eigenvalue weighted by Gasteiger charge is 2.37. The molecule has 0 spiro atoms. The Morgan fingerprint density at radius 3 is 2.19 bits per heavy atom. The van der Waals surface area contributed by atoms with Crippen LogP contribution < -0.4 is 16.4 Å². The number of carbonyl (C=O) groups is 2. The average Bonchev–Trinajstić information content (AvgIpc) is 3.16. The smallest absolute Gasteiger partial charge is 0.224 e. The third-order valence-electron chi connectivity index (χ3n) is 9.93. The zero-order valence-corrected chi connectivity index (χ0v) is 29.9. The summed E-state index contributed by atoms with van der Waals surface area (Å²) in [5, 5.41) is 27.3. The Hall–Kier alpha value is -4.29. The van der Waals surface area contributed by atoms with E-state index in [0.29, 0.717) is 55.2 Å². The molecule has 11 heteroatoms. The topological polar surface area (TPSA) is 146 Å². The summed E-state index contributed by atoms with van der Waals surface area (Å²) in [5.74, 6) is -0.311. The van der Waals surface area contributed by atoms with E-state index in [2.05, 4.69) is 15.5 Å². The normalized spacial score (nSPS) is 20.2. The minimum absolute atomic E-state index is 0.0217. The lowest BCUT2D eigenvalue weighted by Gasteiger charge is -2.42. The summed E-state index contributed by atoms with van der Waals surface area (Å²) in [7, 11) is 0. The minimum Gasteiger partial charge on any atom is -0.397 e. The van der Waals surface area contributed by atoms with Crippen LogP contribution in [-0.2, 0) is 37.8 Å². The second kappa shape index (κ2) is 17.5. The van der Waals surface area contributed by atoms with Crippen molar-refractivity contribution in [2.45, 2.75) is 75.8 Å². The quantitative estimate of drug-likeness (QED) is 0.100. The van der Waals surface area contributed by atoms with Gasteiger partial charge in [-0.3, -0.25) is 9.59 Å². The van der Waals surface area contributed by atoms with Crippen LogP contribution in [0.3, 0.4) is 0 Å². The fourth-order valence-electron chi connectivity index (χ4n) is 6.79. The lowest BCUT2D eigenvalue weighted by atomic mass is 9.84. The number of hydrogen-bond donors (Lipinski definition) is 5. The molecule has 0 radical (unpaired) electrons. The molecule has 2 amide bonds. The Balaban J connectivity index is 1.02. The zero-order valence-electron chi connectivity index (χ0n) is 29.2. The number of anilines is 2. The van der Waals surface area contributed by atoms with Crippen molar-refractivity contribution in [3.05, 3.63) is 130 Å². The van der Waals surface area contributed by atoms with Crippen molar-refractivity contribution in [2.75, 3.05) is 30.7 Å². The van der Waals surface area contributed by atoms with E-state index in [1.807, 2.05) is 72.8 Å². The third kappa shape index (κ3) is 9.97. The number of likely N-dealkylation sites (tertiary alicyclic amines) is 1. The molecule has 4 aromatic rings. The highest BCUT2D eigenvalue weighted by Crippen LogP contribution is 2.39. The van der Waals surface area contributed by atoms with Gasteiger partial charge in [0.05, 0.1) is 35.8 Å². The van der Waals surface area contributed by atoms with E-state index in [0.717, 1.165) is 40.9 Å². The van der Waals surface area contributed by atoms with Gasteiger partial charge in [0, 0.05) is 56.0 Å². The number of halogens is 1. The van der Waals surface area contributed by atoms with Crippen molar-refractivity contribution < 1.29 is 29.3 Å². The molecule has 0 saturated carbocycles. The predicted molar refractivity (Wildman–Crippen MR) is 201 cm³/mol. The lowest BCUT2D eigenvalue weighted by Crippen LogP contribution is -2.46. The molecule has 0 aliphatic carbocycles. The van der Waals surface area contributed by atoms with Crippen molar-refractivity contribution in [3.63, 3.8) is 0 Å². The van der Waals surface area contributed by atoms with Gasteiger partial charge in [-0.2, -0.15) is 0 Å². The zero-order chi connectivity index (χ0) is 36.5. The maximum Gasteiger partial charge on any atom is 0.224 e. The van der Waals surface area contributed by atoms with Crippen molar-refractivity contribution in [1.82, 2.24) is 10.2 Å². The van der Waals surface area contributed by atoms with Crippen LogP contribution in [0.15, 0.2) is 97.1 Å². The number of carbonyl (C=O) groups excluding carboxylic acids is 2. The molecule has 274 valence electrons. The van der Waals surface area contributed by atoms with Gasteiger partial charge < -0.3 is 41.0 Å². The molecule has 2 fully saturated rings. The second-order valence-corrected chi connectivity index (χ2v) is 14.1. The number of piperidine rings is 1. The van der Waals surface area contributed by atoms with Gasteiger partial charge in [0.2, 0.25) is 11.8 Å². The summed E-state index contributed by atoms with van der Waals surface area (Å²) >= 11 is 6.08. The van der Waals surface area contributed by atoms with Crippen LogP contribution in [0.4, 0.5) is 11.4 Å². The summed E-state index contributed by atoms with van der Waals surface area (Å²) in [6.07, 6.45) is 1.85. The number of hydrogen-bond acceptors (Lipinski definition) is 8. The molecule has 10 nitrogen and oxygen atoms in total. The molecule has 0 aromatic heterocycles. The molecular formula is C41H47ClN4O6. The molecule has 6 rings (SSSR count). The highest BCUT2D eigenvalue weighted by molar-refractivity contribution is 6.30. The monoisotopic (exact) mass is 726 g/mol. The Labute approximate surface area is 309 Å². The van der Waals surface area contributed by atoms with Gasteiger partial charge in [-0.1, -0.05) is 84.4 Å². The third-order valence-corrected chi connectivity index (χ3v) is 10.2. The molecule has 2 saturated heterocycles. The van der Waals surface area contributed by atoms with E-state index in [1.165, 1.54) is 0 Å². The van der Waals surface area contributed by atoms with Crippen molar-refractivity contribution in [2.24, 2.45) is 0 Å². The first-order valence-electron chi connectivity index (χ1n) is 17.9. The average molecular weight is 727 g/mol. The van der Waals surface area contributed by atoms with Crippen molar-refractivity contribution in [3.8, 4) is 0 Å². The van der Waals surface area contributed by atoms with Gasteiger partial charge in [-0.05, 0) is 65.8 Å². The summed E-state index contributed by atoms with van der Waals surface area (Å²) in [5.41, 5.74) is 10.6. The lowest BCUT2D eigenvalue weighted by molar-refractivity contribution is -0.253. The van der Waals surface area contributed by atoms with Gasteiger partial charge in [0.1, 0.15) is 0 Å². The number of para-hydroxylation sites is 2. The largest absolute Gasteiger partial charge is 0.397 e. The number of nitrogen functional groups attached to an aromatic ring is 1. The van der Waals surface area contributed by atoms with E-state index < -0.39 is 11.9 Å². The van der Waals surface area contributed by atoms with Crippen LogP contribution in [0.1, 0.15) is 78.7 Å². The number of ether oxygens (including phenoxy) is 2. The minimum atomic E-state index is -0.882. The highest BCUT2D eigenvalue weighted by atomic mass is 35.5. The van der Waals surface area contributed by atoms with Crippen LogP contribution in [0.25, 0.3) is 0 Å². The molecule has 0 unspecified atom stereocenters. The Morgan fingerprint density at radius 1 is 0.846 bits per heavy atom. The summed E-state index contributed by atoms with van der Waals surface area (Å²) in [4.78, 5) is 27.1. The van der Waals surface area contributed by atoms with E-state index in [9.17, 15) is 19.8 Å². The van der Waals surface area contributed by atoms with E-state index in [4.69, 9.17) is 26.8 Å². The SMILES string of the molecule is Nc1ccccc1NC(=O)CCCC(=O)NCc1ccc([C@H]2O[C@@H](CN3CCC(O)(c4ccc(Cl)cc4)CC3)C[C@@H](c3ccc(CO)cc3)O2)cc1. The van der Waals surface area contributed by atoms with E-state index >= 15 is 0 Å². The summed E-state index contributed by atoms with van der Waals surface area (Å²) in [6.45, 7) is 2.51. The number of amides is 2. The molecule has 2 aliphatic rings. The van der Waals surface area contributed by atoms with Crippen LogP contribution >= 0.6 is 11.6 Å². The van der Waals surface area contributed by atoms with Crippen LogP contribution in [0, 0.1) is 0 Å². The summed E-state index contributed by atoms with van der Waals surface area (Å²) in [6, 6.07) is 30.2. The number of aliphatic hydroxyl groups is 2. The number of benzene rings is 4. The number of nitrogens with one attached hydrogen (secondary N) is 2. The van der Waals surface area contributed by atoms with Gasteiger partial charge in [0.25, 0.3) is 0 Å². The van der Waals surface area contributed by atoms with Gasteiger partial charge in [-0.15, -0.1) is 0 Å². The Morgan fingerprint density at radius 2 is 1.50 bits per heavy atom. The number of nitrogens with zero attached hydrogens (tertiary/aromatic N) is 1. The molecule has 2 heterocycles. The first-order valence-corrected chi connectivity index (χ1v) is 18.3. The van der Waals surface area contributed by atoms with Crippen LogP contribution in [0.5, 0.6) is 0 Å². The summed E-state index contributed by atoms with van der Waals surface area (Å²) < 4.78 is 13.1. The molecular weight excluding hydrogens is 680 g/mol. The fourth-order valence-corrected chi connectivity index (χ4v) is 6.92. The Kier molecular flexibility index (Phi) is 12.6. The standard InChI is InChI=1S/C41H47ClN4O6/c42-33-18-16-32(17-19-33)41(50)20-22-46(23-21-41)26-34-24-37(30-12-10-29(27-47)11-13-30)52-40(51-34)31-14-8-28(9-15-31)25-44-38(48)6-3-7-39(49)45-36-5-2-1-4-35(36)43/h1-2,4-5,8-19,34,37,40,47,50H,3,6-7,20-27,43H2,(H,44,48)(H,45,49)/t34-,37+,40+/m1/s1. The Bertz CT molecular complexity index is 1780. The van der Waals surface area contributed by atoms with E-state index in [1.54, 1.807) is 24.3 Å². The fraction of sp³-hybridized carbons (Fsp3) is 0.366. The van der Waals surface area contributed by atoms with Gasteiger partial charge in [0.15, 0.2) is 6.29 Å². The number of nitrogens with two attached hydrogens (primary N) is 1. The van der Waals surface area contributed by atoms with Gasteiger partial charge >= 0.3 is 0 Å². The van der Waals surface area contributed by atoms with E-state index in [-0.39, 0.29) is 43.5 Å². The molecule has 52 heavy (non-hydrogen) atoms. The molecule has 6 N–H and O–H groups in total. The number of rotatable bonds is 13. The maximum atomic E-state index is 12.5. The maximum absolute atomic E-state index is 12.5.